The van der Waals surface area contributed by atoms with Crippen LogP contribution < -0.4 is 10.2 Å². The molecule has 3 fully saturated rings. The molecule has 0 aromatic heterocycles. The zero-order valence-electron chi connectivity index (χ0n) is 20.3. The highest BCUT2D eigenvalue weighted by atomic mass is 19.1. The zero-order chi connectivity index (χ0) is 23.8. The molecule has 0 saturated carbocycles. The normalized spacial score (nSPS) is 24.6. The van der Waals surface area contributed by atoms with Gasteiger partial charge in [-0.2, -0.15) is 0 Å². The van der Waals surface area contributed by atoms with Crippen molar-refractivity contribution in [2.75, 3.05) is 18.0 Å². The van der Waals surface area contributed by atoms with Gasteiger partial charge in [-0.3, -0.25) is 9.69 Å². The average molecular weight is 472 g/mol. The molecule has 5 heteroatoms. The molecule has 3 saturated heterocycles. The fourth-order valence-corrected chi connectivity index (χ4v) is 6.56. The van der Waals surface area contributed by atoms with E-state index in [-0.39, 0.29) is 17.8 Å². The lowest BCUT2D eigenvalue weighted by molar-refractivity contribution is 0.0828. The van der Waals surface area contributed by atoms with Crippen LogP contribution in [0.1, 0.15) is 60.9 Å². The van der Waals surface area contributed by atoms with E-state index in [2.05, 4.69) is 33.3 Å². The number of rotatable bonds is 5. The first-order chi connectivity index (χ1) is 17.1. The van der Waals surface area contributed by atoms with E-state index in [0.717, 1.165) is 54.5 Å². The number of hydrogen-bond donors (Lipinski definition) is 1. The molecule has 0 aliphatic carbocycles. The third kappa shape index (κ3) is 4.66. The molecule has 182 valence electrons. The quantitative estimate of drug-likeness (QED) is 0.504. The van der Waals surface area contributed by atoms with Crippen LogP contribution in [0.5, 0.6) is 0 Å². The summed E-state index contributed by atoms with van der Waals surface area (Å²) in [7, 11) is 0. The molecule has 35 heavy (non-hydrogen) atoms. The molecule has 3 heterocycles. The third-order valence-electron chi connectivity index (χ3n) is 8.30. The highest BCUT2D eigenvalue weighted by molar-refractivity contribution is 6.00. The van der Waals surface area contributed by atoms with Gasteiger partial charge in [-0.15, -0.1) is 0 Å². The Hall–Kier alpha value is -2.92. The van der Waals surface area contributed by atoms with E-state index in [0.29, 0.717) is 12.1 Å². The van der Waals surface area contributed by atoms with Gasteiger partial charge in [0, 0.05) is 43.4 Å². The van der Waals surface area contributed by atoms with Gasteiger partial charge < -0.3 is 10.2 Å². The molecule has 4 nitrogen and oxygen atoms in total. The molecule has 3 aliphatic rings. The first-order valence-corrected chi connectivity index (χ1v) is 13.2. The minimum atomic E-state index is -0.189. The number of halogens is 1. The second-order valence-electron chi connectivity index (χ2n) is 10.6. The Bertz CT molecular complexity index is 1210. The molecule has 1 amide bonds. The Labute approximate surface area is 207 Å². The van der Waals surface area contributed by atoms with Gasteiger partial charge >= 0.3 is 0 Å². The summed E-state index contributed by atoms with van der Waals surface area (Å²) in [5.74, 6) is -0.114. The second-order valence-corrected chi connectivity index (χ2v) is 10.6. The molecule has 2 bridgehead atoms. The molecule has 2 atom stereocenters. The number of para-hydroxylation sites is 1. The van der Waals surface area contributed by atoms with Crippen LogP contribution >= 0.6 is 0 Å². The van der Waals surface area contributed by atoms with Crippen LogP contribution in [0.2, 0.25) is 0 Å². The lowest BCUT2D eigenvalue weighted by Crippen LogP contribution is -2.50. The maximum Gasteiger partial charge on any atom is 0.253 e. The topological polar surface area (TPSA) is 35.6 Å². The van der Waals surface area contributed by atoms with E-state index < -0.39 is 0 Å². The average Bonchev–Trinajstić information content (AvgIpc) is 3.11. The van der Waals surface area contributed by atoms with Gasteiger partial charge in [0.15, 0.2) is 0 Å². The van der Waals surface area contributed by atoms with Crippen molar-refractivity contribution < 1.29 is 9.18 Å². The lowest BCUT2D eigenvalue weighted by atomic mass is 9.95. The van der Waals surface area contributed by atoms with E-state index in [9.17, 15) is 9.18 Å². The number of nitrogens with one attached hydrogen (secondary N) is 1. The molecule has 3 aromatic carbocycles. The Morgan fingerprint density at radius 1 is 0.886 bits per heavy atom. The van der Waals surface area contributed by atoms with Crippen molar-refractivity contribution in [3.8, 4) is 0 Å². The van der Waals surface area contributed by atoms with Crippen LogP contribution in [0.25, 0.3) is 10.8 Å². The van der Waals surface area contributed by atoms with Crippen molar-refractivity contribution in [3.05, 3.63) is 77.6 Å². The molecule has 3 aliphatic heterocycles. The maximum atomic E-state index is 13.5. The fourth-order valence-electron chi connectivity index (χ4n) is 6.56. The molecule has 0 unspecified atom stereocenters. The van der Waals surface area contributed by atoms with Crippen molar-refractivity contribution in [2.24, 2.45) is 0 Å². The van der Waals surface area contributed by atoms with Crippen LogP contribution in [-0.4, -0.2) is 42.0 Å². The number of carbonyl (C=O) groups excluding carboxylic acids is 1. The number of nitrogens with zero attached hydrogens (tertiary/aromatic N) is 2. The molecule has 1 N–H and O–H groups in total. The standard InChI is InChI=1S/C30H34FN3O/c31-24-11-10-22-16-21(8-9-23(22)17-24)20-34-26-12-13-27(34)19-25(18-26)32-30(35)28-6-2-3-7-29(28)33-14-4-1-5-15-33/h2-3,6-11,16-17,25-27H,1,4-5,12-15,18-20H2,(H,32,35)/t26-,27-/m1/s1. The Morgan fingerprint density at radius 2 is 1.60 bits per heavy atom. The van der Waals surface area contributed by atoms with Crippen LogP contribution in [0.3, 0.4) is 0 Å². The van der Waals surface area contributed by atoms with Gasteiger partial charge in [0.1, 0.15) is 5.82 Å². The third-order valence-corrected chi connectivity index (χ3v) is 8.30. The van der Waals surface area contributed by atoms with Gasteiger partial charge in [0.25, 0.3) is 5.91 Å². The van der Waals surface area contributed by atoms with Crippen molar-refractivity contribution in [2.45, 2.75) is 69.6 Å². The number of benzene rings is 3. The SMILES string of the molecule is O=C(NC1C[C@H]2CC[C@H](C1)N2Cc1ccc2cc(F)ccc2c1)c1ccccc1N1CCCCC1. The van der Waals surface area contributed by atoms with Crippen LogP contribution in [0.15, 0.2) is 60.7 Å². The number of amides is 1. The van der Waals surface area contributed by atoms with E-state index in [1.165, 1.54) is 43.7 Å². The first-order valence-electron chi connectivity index (χ1n) is 13.2. The fraction of sp³-hybridized carbons (Fsp3) is 0.433. The summed E-state index contributed by atoms with van der Waals surface area (Å²) in [5, 5.41) is 5.44. The lowest BCUT2D eigenvalue weighted by Gasteiger charge is -2.39. The van der Waals surface area contributed by atoms with Gasteiger partial charge in [-0.25, -0.2) is 4.39 Å². The van der Waals surface area contributed by atoms with Crippen LogP contribution in [0, 0.1) is 5.82 Å². The summed E-state index contributed by atoms with van der Waals surface area (Å²) in [5.41, 5.74) is 3.18. The predicted molar refractivity (Wildman–Crippen MR) is 139 cm³/mol. The summed E-state index contributed by atoms with van der Waals surface area (Å²) >= 11 is 0. The van der Waals surface area contributed by atoms with Crippen LogP contribution in [0.4, 0.5) is 10.1 Å². The smallest absolute Gasteiger partial charge is 0.253 e. The number of anilines is 1. The zero-order valence-corrected chi connectivity index (χ0v) is 20.3. The largest absolute Gasteiger partial charge is 0.371 e. The maximum absolute atomic E-state index is 13.5. The van der Waals surface area contributed by atoms with E-state index in [1.54, 1.807) is 6.07 Å². The molecular weight excluding hydrogens is 437 g/mol. The first kappa shape index (κ1) is 22.5. The molecule has 3 aromatic rings. The van der Waals surface area contributed by atoms with Gasteiger partial charge in [0.05, 0.1) is 5.56 Å². The highest BCUT2D eigenvalue weighted by Crippen LogP contribution is 2.37. The summed E-state index contributed by atoms with van der Waals surface area (Å²) in [6, 6.07) is 20.7. The van der Waals surface area contributed by atoms with E-state index >= 15 is 0 Å². The summed E-state index contributed by atoms with van der Waals surface area (Å²) in [6.45, 7) is 2.99. The molecular formula is C30H34FN3O. The van der Waals surface area contributed by atoms with E-state index in [4.69, 9.17) is 0 Å². The minimum Gasteiger partial charge on any atom is -0.371 e. The molecule has 0 radical (unpaired) electrons. The number of piperidine rings is 2. The summed E-state index contributed by atoms with van der Waals surface area (Å²) in [4.78, 5) is 18.4. The number of fused-ring (bicyclic) bond motifs is 3. The van der Waals surface area contributed by atoms with Crippen LogP contribution in [-0.2, 0) is 6.54 Å². The van der Waals surface area contributed by atoms with Crippen molar-refractivity contribution in [3.63, 3.8) is 0 Å². The number of hydrogen-bond acceptors (Lipinski definition) is 3. The Morgan fingerprint density at radius 3 is 2.40 bits per heavy atom. The monoisotopic (exact) mass is 471 g/mol. The van der Waals surface area contributed by atoms with Crippen molar-refractivity contribution in [1.29, 1.82) is 0 Å². The summed E-state index contributed by atoms with van der Waals surface area (Å²) < 4.78 is 13.5. The highest BCUT2D eigenvalue weighted by Gasteiger charge is 2.41. The van der Waals surface area contributed by atoms with Crippen molar-refractivity contribution in [1.82, 2.24) is 10.2 Å². The predicted octanol–water partition coefficient (Wildman–Crippen LogP) is 5.89. The molecule has 0 spiro atoms. The van der Waals surface area contributed by atoms with Crippen molar-refractivity contribution >= 4 is 22.4 Å². The van der Waals surface area contributed by atoms with Gasteiger partial charge in [-0.05, 0) is 91.6 Å². The Balaban J connectivity index is 1.12. The van der Waals surface area contributed by atoms with Gasteiger partial charge in [0.2, 0.25) is 0 Å². The summed E-state index contributed by atoms with van der Waals surface area (Å²) in [6.07, 6.45) is 8.09. The molecule has 6 rings (SSSR count). The van der Waals surface area contributed by atoms with Gasteiger partial charge in [-0.1, -0.05) is 30.3 Å². The number of carbonyl (C=O) groups is 1. The second kappa shape index (κ2) is 9.62. The Kier molecular flexibility index (Phi) is 6.19. The minimum absolute atomic E-state index is 0.0748. The van der Waals surface area contributed by atoms with E-state index in [1.807, 2.05) is 30.3 Å².